The van der Waals surface area contributed by atoms with E-state index in [1.165, 1.54) is 6.07 Å². The van der Waals surface area contributed by atoms with Gasteiger partial charge in [0, 0.05) is 25.2 Å². The second-order valence-corrected chi connectivity index (χ2v) is 5.16. The van der Waals surface area contributed by atoms with Gasteiger partial charge in [0.1, 0.15) is 5.75 Å². The lowest BCUT2D eigenvalue weighted by atomic mass is 10.1. The number of nitrogens with zero attached hydrogens (tertiary/aromatic N) is 1. The molecule has 22 heavy (non-hydrogen) atoms. The van der Waals surface area contributed by atoms with E-state index in [1.54, 1.807) is 23.1 Å². The number of hydrogen-bond acceptors (Lipinski definition) is 3. The molecule has 0 saturated heterocycles. The number of phenols is 1. The van der Waals surface area contributed by atoms with Crippen LogP contribution in [0.4, 0.5) is 0 Å². The maximum absolute atomic E-state index is 12.2. The molecule has 112 valence electrons. The molecular weight excluding hydrogens is 280 g/mol. The predicted octanol–water partition coefficient (Wildman–Crippen LogP) is 1.78. The number of benzene rings is 2. The second-order valence-electron chi connectivity index (χ2n) is 5.16. The van der Waals surface area contributed by atoms with E-state index in [2.05, 4.69) is 5.32 Å². The molecule has 0 bridgehead atoms. The molecule has 1 heterocycles. The number of phenolic OH excluding ortho intramolecular Hbond substituents is 1. The smallest absolute Gasteiger partial charge is 0.255 e. The molecule has 1 aliphatic rings. The van der Waals surface area contributed by atoms with Gasteiger partial charge in [-0.1, -0.05) is 30.3 Å². The van der Waals surface area contributed by atoms with E-state index >= 15 is 0 Å². The van der Waals surface area contributed by atoms with E-state index in [1.807, 2.05) is 24.3 Å². The molecule has 0 fully saturated rings. The van der Waals surface area contributed by atoms with E-state index in [9.17, 15) is 14.7 Å². The monoisotopic (exact) mass is 296 g/mol. The van der Waals surface area contributed by atoms with Gasteiger partial charge in [0.25, 0.3) is 11.8 Å². The topological polar surface area (TPSA) is 69.6 Å². The fourth-order valence-electron chi connectivity index (χ4n) is 2.56. The summed E-state index contributed by atoms with van der Waals surface area (Å²) in [7, 11) is 0. The Morgan fingerprint density at radius 3 is 2.64 bits per heavy atom. The molecule has 0 spiro atoms. The highest BCUT2D eigenvalue weighted by molar-refractivity contribution is 5.98. The van der Waals surface area contributed by atoms with E-state index < -0.39 is 0 Å². The third-order valence-electron chi connectivity index (χ3n) is 3.71. The van der Waals surface area contributed by atoms with E-state index in [4.69, 9.17) is 0 Å². The normalized spacial score (nSPS) is 13.1. The van der Waals surface area contributed by atoms with Gasteiger partial charge in [0.2, 0.25) is 0 Å². The summed E-state index contributed by atoms with van der Waals surface area (Å²) in [6, 6.07) is 13.9. The van der Waals surface area contributed by atoms with Crippen LogP contribution < -0.4 is 5.32 Å². The molecule has 2 amide bonds. The van der Waals surface area contributed by atoms with Gasteiger partial charge in [-0.2, -0.15) is 0 Å². The first kappa shape index (κ1) is 14.1. The quantitative estimate of drug-likeness (QED) is 0.903. The Morgan fingerprint density at radius 2 is 1.86 bits per heavy atom. The summed E-state index contributed by atoms with van der Waals surface area (Å²) in [5.74, 6) is -0.403. The van der Waals surface area contributed by atoms with Crippen molar-refractivity contribution in [2.24, 2.45) is 0 Å². The molecule has 5 heteroatoms. The molecule has 1 aliphatic heterocycles. The van der Waals surface area contributed by atoms with Crippen molar-refractivity contribution in [1.29, 1.82) is 0 Å². The Balaban J connectivity index is 1.56. The number of rotatable bonds is 4. The summed E-state index contributed by atoms with van der Waals surface area (Å²) >= 11 is 0. The summed E-state index contributed by atoms with van der Waals surface area (Å²) in [6.45, 7) is 1.35. The Morgan fingerprint density at radius 1 is 1.14 bits per heavy atom. The van der Waals surface area contributed by atoms with Crippen LogP contribution in [0.25, 0.3) is 0 Å². The maximum Gasteiger partial charge on any atom is 0.255 e. The van der Waals surface area contributed by atoms with Gasteiger partial charge >= 0.3 is 0 Å². The van der Waals surface area contributed by atoms with Gasteiger partial charge in [-0.25, -0.2) is 0 Å². The number of aromatic hydroxyl groups is 1. The third-order valence-corrected chi connectivity index (χ3v) is 3.71. The summed E-state index contributed by atoms with van der Waals surface area (Å²) in [5.41, 5.74) is 1.98. The fourth-order valence-corrected chi connectivity index (χ4v) is 2.56. The Hall–Kier alpha value is -2.82. The van der Waals surface area contributed by atoms with Gasteiger partial charge in [0.05, 0.1) is 5.56 Å². The average Bonchev–Trinajstić information content (AvgIpc) is 2.84. The number of nitrogens with one attached hydrogen (secondary N) is 1. The fraction of sp³-hybridized carbons (Fsp3) is 0.176. The van der Waals surface area contributed by atoms with Crippen molar-refractivity contribution in [2.45, 2.75) is 6.54 Å². The zero-order valence-electron chi connectivity index (χ0n) is 12.0. The van der Waals surface area contributed by atoms with Crippen molar-refractivity contribution >= 4 is 11.8 Å². The van der Waals surface area contributed by atoms with Crippen LogP contribution in [0.1, 0.15) is 26.3 Å². The first-order chi connectivity index (χ1) is 10.7. The van der Waals surface area contributed by atoms with Crippen molar-refractivity contribution in [3.8, 4) is 5.75 Å². The molecule has 0 radical (unpaired) electrons. The van der Waals surface area contributed by atoms with Gasteiger partial charge in [-0.05, 0) is 23.8 Å². The lowest BCUT2D eigenvalue weighted by Crippen LogP contribution is -2.35. The Kier molecular flexibility index (Phi) is 3.78. The van der Waals surface area contributed by atoms with Crippen molar-refractivity contribution in [1.82, 2.24) is 10.2 Å². The summed E-state index contributed by atoms with van der Waals surface area (Å²) in [4.78, 5) is 25.8. The number of fused-ring (bicyclic) bond motifs is 1. The van der Waals surface area contributed by atoms with Crippen LogP contribution in [0, 0.1) is 0 Å². The van der Waals surface area contributed by atoms with Crippen LogP contribution in [0.5, 0.6) is 5.75 Å². The van der Waals surface area contributed by atoms with Crippen LogP contribution in [-0.2, 0) is 6.54 Å². The molecule has 2 N–H and O–H groups in total. The second kappa shape index (κ2) is 5.89. The largest absolute Gasteiger partial charge is 0.507 e. The lowest BCUT2D eigenvalue weighted by Gasteiger charge is -2.16. The van der Waals surface area contributed by atoms with Crippen molar-refractivity contribution in [2.75, 3.05) is 13.1 Å². The number of carbonyl (C=O) groups excluding carboxylic acids is 2. The van der Waals surface area contributed by atoms with Crippen molar-refractivity contribution in [3.05, 3.63) is 65.2 Å². The van der Waals surface area contributed by atoms with Gasteiger partial charge in [-0.15, -0.1) is 0 Å². The SMILES string of the molecule is O=C(NCCN1Cc2ccccc2C1=O)c1ccccc1O. The minimum Gasteiger partial charge on any atom is -0.507 e. The highest BCUT2D eigenvalue weighted by atomic mass is 16.3. The number of para-hydroxylation sites is 1. The van der Waals surface area contributed by atoms with Gasteiger partial charge in [0.15, 0.2) is 0 Å². The molecular formula is C17H16N2O3. The van der Waals surface area contributed by atoms with E-state index in [0.717, 1.165) is 11.1 Å². The van der Waals surface area contributed by atoms with Crippen molar-refractivity contribution in [3.63, 3.8) is 0 Å². The standard InChI is InChI=1S/C17H16N2O3/c20-15-8-4-3-7-14(15)16(21)18-9-10-19-11-12-5-1-2-6-13(12)17(19)22/h1-8,20H,9-11H2,(H,18,21). The summed E-state index contributed by atoms with van der Waals surface area (Å²) < 4.78 is 0. The summed E-state index contributed by atoms with van der Waals surface area (Å²) in [6.07, 6.45) is 0. The van der Waals surface area contributed by atoms with Crippen molar-refractivity contribution < 1.29 is 14.7 Å². The molecule has 5 nitrogen and oxygen atoms in total. The summed E-state index contributed by atoms with van der Waals surface area (Å²) in [5, 5.41) is 12.3. The average molecular weight is 296 g/mol. The number of hydrogen-bond donors (Lipinski definition) is 2. The molecule has 2 aromatic rings. The van der Waals surface area contributed by atoms with E-state index in [-0.39, 0.29) is 23.1 Å². The predicted molar refractivity (Wildman–Crippen MR) is 81.6 cm³/mol. The molecule has 2 aromatic carbocycles. The van der Waals surface area contributed by atoms with Gasteiger partial charge < -0.3 is 15.3 Å². The lowest BCUT2D eigenvalue weighted by molar-refractivity contribution is 0.0770. The zero-order chi connectivity index (χ0) is 15.5. The van der Waals surface area contributed by atoms with Crippen LogP contribution >= 0.6 is 0 Å². The number of amides is 2. The first-order valence-electron chi connectivity index (χ1n) is 7.10. The molecule has 3 rings (SSSR count). The van der Waals surface area contributed by atoms with Crippen LogP contribution in [0.15, 0.2) is 48.5 Å². The Bertz CT molecular complexity index is 727. The van der Waals surface area contributed by atoms with Gasteiger partial charge in [-0.3, -0.25) is 9.59 Å². The maximum atomic E-state index is 12.2. The minimum absolute atomic E-state index is 0.00703. The van der Waals surface area contributed by atoms with E-state index in [0.29, 0.717) is 19.6 Å². The van der Waals surface area contributed by atoms with Crippen LogP contribution in [0.3, 0.4) is 0 Å². The molecule has 0 aliphatic carbocycles. The minimum atomic E-state index is -0.345. The molecule has 0 aromatic heterocycles. The van der Waals surface area contributed by atoms with Crippen LogP contribution in [0.2, 0.25) is 0 Å². The highest BCUT2D eigenvalue weighted by Gasteiger charge is 2.26. The zero-order valence-corrected chi connectivity index (χ0v) is 12.0. The Labute approximate surface area is 128 Å². The first-order valence-corrected chi connectivity index (χ1v) is 7.10. The third kappa shape index (κ3) is 2.65. The number of carbonyl (C=O) groups is 2. The molecule has 0 saturated carbocycles. The molecule has 0 unspecified atom stereocenters. The highest BCUT2D eigenvalue weighted by Crippen LogP contribution is 2.21. The van der Waals surface area contributed by atoms with Crippen LogP contribution in [-0.4, -0.2) is 34.9 Å². The molecule has 0 atom stereocenters.